The van der Waals surface area contributed by atoms with Gasteiger partial charge >= 0.3 is 0 Å². The van der Waals surface area contributed by atoms with Crippen LogP contribution >= 0.6 is 12.4 Å². The van der Waals surface area contributed by atoms with Crippen LogP contribution in [0.15, 0.2) is 24.3 Å². The van der Waals surface area contributed by atoms with E-state index in [-0.39, 0.29) is 36.7 Å². The minimum absolute atomic E-state index is 0. The summed E-state index contributed by atoms with van der Waals surface area (Å²) in [5.41, 5.74) is 5.73. The molecule has 0 spiro atoms. The van der Waals surface area contributed by atoms with Crippen molar-refractivity contribution >= 4 is 24.2 Å². The molecule has 1 rings (SSSR count). The van der Waals surface area contributed by atoms with Crippen molar-refractivity contribution in [2.45, 2.75) is 19.9 Å². The lowest BCUT2D eigenvalue weighted by molar-refractivity contribution is -0.132. The average molecular weight is 374 g/mol. The number of hydrogen-bond donors (Lipinski definition) is 2. The third-order valence-electron chi connectivity index (χ3n) is 3.61. The Balaban J connectivity index is 0.00000576. The van der Waals surface area contributed by atoms with Gasteiger partial charge in [-0.05, 0) is 18.1 Å². The minimum Gasteiger partial charge on any atom is -0.493 e. The van der Waals surface area contributed by atoms with Crippen molar-refractivity contribution in [1.29, 1.82) is 0 Å². The van der Waals surface area contributed by atoms with Crippen molar-refractivity contribution in [2.24, 2.45) is 11.7 Å². The molecule has 1 aromatic rings. The van der Waals surface area contributed by atoms with Gasteiger partial charge in [0.1, 0.15) is 6.61 Å². The van der Waals surface area contributed by atoms with Gasteiger partial charge in [-0.2, -0.15) is 0 Å². The molecule has 0 unspecified atom stereocenters. The summed E-state index contributed by atoms with van der Waals surface area (Å²) >= 11 is 0. The molecular weight excluding hydrogens is 346 g/mol. The number of methoxy groups -OCH3 is 1. The van der Waals surface area contributed by atoms with Gasteiger partial charge in [-0.3, -0.25) is 9.59 Å². The Morgan fingerprint density at radius 1 is 1.24 bits per heavy atom. The molecule has 0 aromatic heterocycles. The van der Waals surface area contributed by atoms with Crippen molar-refractivity contribution in [1.82, 2.24) is 10.2 Å². The molecule has 1 atom stereocenters. The van der Waals surface area contributed by atoms with Gasteiger partial charge in [0.05, 0.1) is 26.2 Å². The standard InChI is InChI=1S/C17H27N3O4.ClH/c1-12(2)16(18)17(22)19-11-15(21)20(3)9-10-24-14-8-6-5-7-13(14)23-4;/h5-8,12,16H,9-11,18H2,1-4H3,(H,19,22);1H/t16-;/m0./s1. The molecular formula is C17H28ClN3O4. The molecule has 0 saturated heterocycles. The Hall–Kier alpha value is -1.99. The van der Waals surface area contributed by atoms with E-state index in [0.717, 1.165) is 0 Å². The minimum atomic E-state index is -0.614. The van der Waals surface area contributed by atoms with Crippen molar-refractivity contribution in [3.05, 3.63) is 24.3 Å². The van der Waals surface area contributed by atoms with Crippen molar-refractivity contribution in [3.63, 3.8) is 0 Å². The van der Waals surface area contributed by atoms with Crippen molar-refractivity contribution in [2.75, 3.05) is 33.9 Å². The number of nitrogens with one attached hydrogen (secondary N) is 1. The van der Waals surface area contributed by atoms with E-state index in [0.29, 0.717) is 24.7 Å². The Morgan fingerprint density at radius 3 is 2.40 bits per heavy atom. The van der Waals surface area contributed by atoms with E-state index >= 15 is 0 Å². The Morgan fingerprint density at radius 2 is 1.84 bits per heavy atom. The van der Waals surface area contributed by atoms with E-state index < -0.39 is 6.04 Å². The molecule has 8 heteroatoms. The van der Waals surface area contributed by atoms with Crippen LogP contribution in [0.3, 0.4) is 0 Å². The second kappa shape index (κ2) is 11.5. The first-order valence-electron chi connectivity index (χ1n) is 7.89. The van der Waals surface area contributed by atoms with Gasteiger partial charge in [0.25, 0.3) is 0 Å². The zero-order valence-corrected chi connectivity index (χ0v) is 16.0. The molecule has 0 bridgehead atoms. The first-order valence-corrected chi connectivity index (χ1v) is 7.89. The fourth-order valence-corrected chi connectivity index (χ4v) is 1.87. The van der Waals surface area contributed by atoms with E-state index in [1.165, 1.54) is 4.90 Å². The molecule has 0 aliphatic heterocycles. The first kappa shape index (κ1) is 23.0. The number of nitrogens with two attached hydrogens (primary N) is 1. The summed E-state index contributed by atoms with van der Waals surface area (Å²) in [5.74, 6) is 0.755. The topological polar surface area (TPSA) is 93.9 Å². The number of ether oxygens (including phenoxy) is 2. The van der Waals surface area contributed by atoms with Gasteiger partial charge in [0.2, 0.25) is 11.8 Å². The molecule has 0 aliphatic rings. The molecule has 0 saturated carbocycles. The van der Waals surface area contributed by atoms with Crippen LogP contribution in [-0.4, -0.2) is 56.6 Å². The summed E-state index contributed by atoms with van der Waals surface area (Å²) in [6.45, 7) is 4.34. The Bertz CT molecular complexity index is 554. The largest absolute Gasteiger partial charge is 0.493 e. The summed E-state index contributed by atoms with van der Waals surface area (Å²) < 4.78 is 10.8. The van der Waals surface area contributed by atoms with E-state index in [9.17, 15) is 9.59 Å². The first-order chi connectivity index (χ1) is 11.4. The second-order valence-electron chi connectivity index (χ2n) is 5.80. The van der Waals surface area contributed by atoms with Gasteiger partial charge in [-0.25, -0.2) is 0 Å². The smallest absolute Gasteiger partial charge is 0.241 e. The summed E-state index contributed by atoms with van der Waals surface area (Å²) in [5, 5.41) is 2.55. The number of rotatable bonds is 9. The third kappa shape index (κ3) is 7.62. The van der Waals surface area contributed by atoms with E-state index in [1.807, 2.05) is 26.0 Å². The molecule has 3 N–H and O–H groups in total. The van der Waals surface area contributed by atoms with Gasteiger partial charge in [-0.1, -0.05) is 26.0 Å². The summed E-state index contributed by atoms with van der Waals surface area (Å²) in [4.78, 5) is 25.2. The quantitative estimate of drug-likeness (QED) is 0.674. The maximum Gasteiger partial charge on any atom is 0.241 e. The van der Waals surface area contributed by atoms with Crippen LogP contribution in [0.4, 0.5) is 0 Å². The molecule has 0 radical (unpaired) electrons. The lowest BCUT2D eigenvalue weighted by Gasteiger charge is -2.20. The maximum absolute atomic E-state index is 12.0. The fourth-order valence-electron chi connectivity index (χ4n) is 1.87. The molecule has 1 aromatic carbocycles. The SMILES string of the molecule is COc1ccccc1OCCN(C)C(=O)CNC(=O)[C@@H](N)C(C)C.Cl. The maximum atomic E-state index is 12.0. The van der Waals surface area contributed by atoms with Gasteiger partial charge < -0.3 is 25.4 Å². The number of amides is 2. The third-order valence-corrected chi connectivity index (χ3v) is 3.61. The number of hydrogen-bond acceptors (Lipinski definition) is 5. The number of nitrogens with zero attached hydrogens (tertiary/aromatic N) is 1. The number of carbonyl (C=O) groups is 2. The van der Waals surface area contributed by atoms with Gasteiger partial charge in [0.15, 0.2) is 11.5 Å². The number of likely N-dealkylation sites (N-methyl/N-ethyl adjacent to an activating group) is 1. The molecule has 0 fully saturated rings. The zero-order valence-electron chi connectivity index (χ0n) is 15.2. The zero-order chi connectivity index (χ0) is 18.1. The van der Waals surface area contributed by atoms with E-state index in [2.05, 4.69) is 5.32 Å². The monoisotopic (exact) mass is 373 g/mol. The highest BCUT2D eigenvalue weighted by molar-refractivity contribution is 5.87. The van der Waals surface area contributed by atoms with Gasteiger partial charge in [0, 0.05) is 7.05 Å². The number of benzene rings is 1. The average Bonchev–Trinajstić information content (AvgIpc) is 2.58. The lowest BCUT2D eigenvalue weighted by Crippen LogP contribution is -2.47. The predicted molar refractivity (Wildman–Crippen MR) is 99.2 cm³/mol. The molecule has 25 heavy (non-hydrogen) atoms. The van der Waals surface area contributed by atoms with E-state index in [1.54, 1.807) is 26.3 Å². The van der Waals surface area contributed by atoms with Crippen LogP contribution in [0.5, 0.6) is 11.5 Å². The Kier molecular flexibility index (Phi) is 10.6. The van der Waals surface area contributed by atoms with Crippen LogP contribution in [-0.2, 0) is 9.59 Å². The number of halogens is 1. The predicted octanol–water partition coefficient (Wildman–Crippen LogP) is 1.05. The highest BCUT2D eigenvalue weighted by Crippen LogP contribution is 2.25. The highest BCUT2D eigenvalue weighted by Gasteiger charge is 2.18. The Labute approximate surface area is 155 Å². The van der Waals surface area contributed by atoms with Crippen molar-refractivity contribution in [3.8, 4) is 11.5 Å². The molecule has 142 valence electrons. The van der Waals surface area contributed by atoms with Crippen molar-refractivity contribution < 1.29 is 19.1 Å². The van der Waals surface area contributed by atoms with Crippen LogP contribution in [0.1, 0.15) is 13.8 Å². The van der Waals surface area contributed by atoms with Crippen LogP contribution < -0.4 is 20.5 Å². The summed E-state index contributed by atoms with van der Waals surface area (Å²) in [6.07, 6.45) is 0. The van der Waals surface area contributed by atoms with Crippen LogP contribution in [0, 0.1) is 5.92 Å². The van der Waals surface area contributed by atoms with Crippen LogP contribution in [0.2, 0.25) is 0 Å². The highest BCUT2D eigenvalue weighted by atomic mass is 35.5. The summed E-state index contributed by atoms with van der Waals surface area (Å²) in [6, 6.07) is 6.69. The lowest BCUT2D eigenvalue weighted by atomic mass is 10.1. The van der Waals surface area contributed by atoms with E-state index in [4.69, 9.17) is 15.2 Å². The van der Waals surface area contributed by atoms with Crippen LogP contribution in [0.25, 0.3) is 0 Å². The number of para-hydroxylation sites is 2. The molecule has 0 heterocycles. The van der Waals surface area contributed by atoms with Gasteiger partial charge in [-0.15, -0.1) is 12.4 Å². The number of carbonyl (C=O) groups excluding carboxylic acids is 2. The fraction of sp³-hybridized carbons (Fsp3) is 0.529. The molecule has 7 nitrogen and oxygen atoms in total. The molecule has 0 aliphatic carbocycles. The summed E-state index contributed by atoms with van der Waals surface area (Å²) in [7, 11) is 3.23. The molecule has 2 amide bonds. The normalized spacial score (nSPS) is 11.3. The second-order valence-corrected chi connectivity index (χ2v) is 5.80.